The lowest BCUT2D eigenvalue weighted by molar-refractivity contribution is 0.0456. The Morgan fingerprint density at radius 3 is 2.54 bits per heavy atom. The normalized spacial score (nSPS) is 22.0. The lowest BCUT2D eigenvalue weighted by atomic mass is 9.86. The highest BCUT2D eigenvalue weighted by atomic mass is 32.2. The van der Waals surface area contributed by atoms with Crippen LogP contribution < -0.4 is 20.9 Å². The predicted octanol–water partition coefficient (Wildman–Crippen LogP) is 4.49. The Hall–Kier alpha value is -3.92. The van der Waals surface area contributed by atoms with E-state index < -0.39 is 62.6 Å². The molecule has 6 rings (SSSR count). The average Bonchev–Trinajstić information content (AvgIpc) is 3.67. The molecule has 1 aliphatic heterocycles. The molecule has 1 saturated heterocycles. The molecule has 1 atom stereocenters. The molecule has 16 heteroatoms. The van der Waals surface area contributed by atoms with Crippen molar-refractivity contribution in [3.63, 3.8) is 0 Å². The molecule has 3 fully saturated rings. The predicted molar refractivity (Wildman–Crippen MR) is 165 cm³/mol. The SMILES string of the molecule is CC(C)(C)OC(=O)NC1CC(n2c(=O)c(-c3c(F)ccc(NS(=O)(=O)N4CC[C@@H](F)C4)c3F)cc3cnc(NCC4CC4)nc32)C1. The van der Waals surface area contributed by atoms with Crippen LogP contribution in [0.4, 0.5) is 29.6 Å². The molecule has 3 N–H and O–H groups in total. The zero-order chi connectivity index (χ0) is 33.0. The largest absolute Gasteiger partial charge is 0.444 e. The standard InChI is InChI=1S/C30H36F3N7O5S/c1-30(2,3)45-29(42)36-19-11-20(12-19)40-26-17(14-35-28(37-26)34-13-16-4-5-16)10-21(27(40)41)24-22(32)6-7-23(25(24)33)38-46(43,44)39-9-8-18(31)15-39/h6-7,10,14,16,18-20,38H,4-5,8-9,11-13,15H2,1-3H3,(H,36,42)(H,34,35,37)/t18-,19?,20?/m1/s1. The third kappa shape index (κ3) is 6.77. The van der Waals surface area contributed by atoms with Gasteiger partial charge in [-0.2, -0.15) is 17.7 Å². The average molecular weight is 664 g/mol. The Labute approximate surface area is 263 Å². The highest BCUT2D eigenvalue weighted by molar-refractivity contribution is 7.90. The van der Waals surface area contributed by atoms with Gasteiger partial charge in [-0.15, -0.1) is 0 Å². The van der Waals surface area contributed by atoms with E-state index in [9.17, 15) is 22.4 Å². The molecule has 12 nitrogen and oxygen atoms in total. The number of rotatable bonds is 9. The van der Waals surface area contributed by atoms with Gasteiger partial charge in [-0.05, 0) is 77.0 Å². The van der Waals surface area contributed by atoms with Gasteiger partial charge in [0.1, 0.15) is 23.2 Å². The number of hydrogen-bond acceptors (Lipinski definition) is 8. The third-order valence-electron chi connectivity index (χ3n) is 8.25. The molecule has 0 unspecified atom stereocenters. The van der Waals surface area contributed by atoms with Crippen molar-refractivity contribution in [3.05, 3.63) is 46.4 Å². The molecule has 2 aliphatic carbocycles. The Bertz CT molecular complexity index is 1840. The molecular formula is C30H36F3N7O5S. The molecule has 0 spiro atoms. The Morgan fingerprint density at radius 1 is 1.15 bits per heavy atom. The minimum absolute atomic E-state index is 0.00386. The van der Waals surface area contributed by atoms with Gasteiger partial charge in [-0.3, -0.25) is 14.1 Å². The Balaban J connectivity index is 1.37. The first-order valence-corrected chi connectivity index (χ1v) is 16.7. The van der Waals surface area contributed by atoms with Crippen LogP contribution in [-0.4, -0.2) is 70.8 Å². The van der Waals surface area contributed by atoms with Gasteiger partial charge in [-0.25, -0.2) is 22.9 Å². The summed E-state index contributed by atoms with van der Waals surface area (Å²) in [5.41, 5.74) is -2.89. The molecule has 2 aromatic heterocycles. The number of nitrogens with zero attached hydrogens (tertiary/aromatic N) is 4. The lowest BCUT2D eigenvalue weighted by Gasteiger charge is -2.37. The highest BCUT2D eigenvalue weighted by Gasteiger charge is 2.36. The summed E-state index contributed by atoms with van der Waals surface area (Å²) < 4.78 is 80.3. The summed E-state index contributed by atoms with van der Waals surface area (Å²) >= 11 is 0. The molecule has 3 heterocycles. The van der Waals surface area contributed by atoms with Crippen molar-refractivity contribution in [2.75, 3.05) is 29.7 Å². The number of halogens is 3. The van der Waals surface area contributed by atoms with Crippen LogP contribution in [0.3, 0.4) is 0 Å². The monoisotopic (exact) mass is 663 g/mol. The summed E-state index contributed by atoms with van der Waals surface area (Å²) in [5, 5.41) is 6.27. The van der Waals surface area contributed by atoms with Crippen LogP contribution in [0, 0.1) is 17.6 Å². The van der Waals surface area contributed by atoms with Gasteiger partial charge < -0.3 is 15.4 Å². The number of alkyl carbamates (subject to hydrolysis) is 1. The zero-order valence-corrected chi connectivity index (χ0v) is 26.5. The molecule has 3 aliphatic rings. The summed E-state index contributed by atoms with van der Waals surface area (Å²) in [4.78, 5) is 35.4. The number of hydrogen-bond donors (Lipinski definition) is 3. The number of pyridine rings is 1. The van der Waals surface area contributed by atoms with Crippen LogP contribution in [0.5, 0.6) is 0 Å². The topological polar surface area (TPSA) is 148 Å². The fourth-order valence-corrected chi connectivity index (χ4v) is 6.93. The number of carbonyl (C=O) groups excluding carboxylic acids is 1. The second-order valence-corrected chi connectivity index (χ2v) is 14.8. The summed E-state index contributed by atoms with van der Waals surface area (Å²) in [7, 11) is -4.36. The van der Waals surface area contributed by atoms with Crippen LogP contribution in [0.1, 0.15) is 58.9 Å². The molecule has 3 aromatic rings. The minimum atomic E-state index is -4.36. The van der Waals surface area contributed by atoms with E-state index >= 15 is 8.78 Å². The van der Waals surface area contributed by atoms with Crippen molar-refractivity contribution in [3.8, 4) is 11.1 Å². The van der Waals surface area contributed by atoms with Crippen molar-refractivity contribution in [1.29, 1.82) is 0 Å². The fraction of sp³-hybridized carbons (Fsp3) is 0.533. The Morgan fingerprint density at radius 2 is 1.89 bits per heavy atom. The zero-order valence-electron chi connectivity index (χ0n) is 25.6. The van der Waals surface area contributed by atoms with E-state index in [0.717, 1.165) is 29.3 Å². The number of benzene rings is 1. The number of alkyl halides is 1. The fourth-order valence-electron chi connectivity index (χ4n) is 5.66. The number of ether oxygens (including phenoxy) is 1. The molecular weight excluding hydrogens is 627 g/mol. The van der Waals surface area contributed by atoms with Crippen LogP contribution in [0.2, 0.25) is 0 Å². The third-order valence-corrected chi connectivity index (χ3v) is 9.74. The number of fused-ring (bicyclic) bond motifs is 1. The summed E-state index contributed by atoms with van der Waals surface area (Å²) in [6.07, 6.45) is 2.35. The van der Waals surface area contributed by atoms with Crippen molar-refractivity contribution in [1.82, 2.24) is 24.2 Å². The first-order valence-electron chi connectivity index (χ1n) is 15.2. The smallest absolute Gasteiger partial charge is 0.407 e. The van der Waals surface area contributed by atoms with Gasteiger partial charge in [-0.1, -0.05) is 0 Å². The number of carbonyl (C=O) groups is 1. The van der Waals surface area contributed by atoms with E-state index in [1.165, 1.54) is 16.8 Å². The van der Waals surface area contributed by atoms with Crippen LogP contribution in [0.25, 0.3) is 22.2 Å². The van der Waals surface area contributed by atoms with Gasteiger partial charge in [0.05, 0.1) is 16.8 Å². The van der Waals surface area contributed by atoms with Gasteiger partial charge in [0.2, 0.25) is 5.95 Å². The maximum absolute atomic E-state index is 16.0. The van der Waals surface area contributed by atoms with Crippen molar-refractivity contribution >= 4 is 39.0 Å². The maximum atomic E-state index is 16.0. The summed E-state index contributed by atoms with van der Waals surface area (Å²) in [6, 6.07) is 2.24. The van der Waals surface area contributed by atoms with E-state index in [0.29, 0.717) is 36.6 Å². The Kier molecular flexibility index (Phi) is 8.38. The molecule has 0 radical (unpaired) electrons. The number of anilines is 2. The van der Waals surface area contributed by atoms with Crippen LogP contribution >= 0.6 is 0 Å². The summed E-state index contributed by atoms with van der Waals surface area (Å²) in [6.45, 7) is 5.42. The maximum Gasteiger partial charge on any atom is 0.407 e. The highest BCUT2D eigenvalue weighted by Crippen LogP contribution is 2.37. The number of amides is 1. The second kappa shape index (κ2) is 12.0. The first kappa shape index (κ1) is 32.0. The molecule has 46 heavy (non-hydrogen) atoms. The quantitative estimate of drug-likeness (QED) is 0.304. The second-order valence-electron chi connectivity index (χ2n) is 13.1. The van der Waals surface area contributed by atoms with E-state index in [2.05, 4.69) is 25.3 Å². The van der Waals surface area contributed by atoms with Crippen molar-refractivity contribution in [2.45, 2.75) is 76.7 Å². The van der Waals surface area contributed by atoms with Gasteiger partial charge in [0.15, 0.2) is 5.82 Å². The van der Waals surface area contributed by atoms with Gasteiger partial charge in [0.25, 0.3) is 5.56 Å². The lowest BCUT2D eigenvalue weighted by Crippen LogP contribution is -2.48. The van der Waals surface area contributed by atoms with Gasteiger partial charge >= 0.3 is 16.3 Å². The molecule has 1 amide bonds. The van der Waals surface area contributed by atoms with E-state index in [1.54, 1.807) is 20.8 Å². The molecule has 2 saturated carbocycles. The minimum Gasteiger partial charge on any atom is -0.444 e. The van der Waals surface area contributed by atoms with Crippen molar-refractivity contribution in [2.24, 2.45) is 5.92 Å². The van der Waals surface area contributed by atoms with Crippen LogP contribution in [0.15, 0.2) is 29.2 Å². The number of nitrogens with one attached hydrogen (secondary N) is 3. The van der Waals surface area contributed by atoms with E-state index in [1.807, 2.05) is 0 Å². The summed E-state index contributed by atoms with van der Waals surface area (Å²) in [5.74, 6) is -1.57. The molecule has 248 valence electrons. The number of aromatic nitrogens is 3. The first-order chi connectivity index (χ1) is 21.7. The van der Waals surface area contributed by atoms with Crippen LogP contribution in [-0.2, 0) is 14.9 Å². The molecule has 0 bridgehead atoms. The van der Waals surface area contributed by atoms with Crippen molar-refractivity contribution < 1.29 is 31.1 Å². The van der Waals surface area contributed by atoms with E-state index in [4.69, 9.17) is 4.74 Å². The van der Waals surface area contributed by atoms with E-state index in [-0.39, 0.29) is 36.8 Å². The van der Waals surface area contributed by atoms with Gasteiger partial charge in [0, 0.05) is 43.3 Å². The molecule has 1 aromatic carbocycles.